The molecule has 0 saturated carbocycles. The van der Waals surface area contributed by atoms with Crippen LogP contribution in [0.4, 0.5) is 0 Å². The van der Waals surface area contributed by atoms with E-state index >= 15 is 0 Å². The smallest absolute Gasteiger partial charge is 0.259 e. The predicted octanol–water partition coefficient (Wildman–Crippen LogP) is 1.83. The lowest BCUT2D eigenvalue weighted by atomic mass is 10.2. The van der Waals surface area contributed by atoms with Crippen LogP contribution in [0.5, 0.6) is 5.88 Å². The van der Waals surface area contributed by atoms with Crippen molar-refractivity contribution in [2.45, 2.75) is 26.8 Å². The van der Waals surface area contributed by atoms with E-state index in [1.807, 2.05) is 28.8 Å². The van der Waals surface area contributed by atoms with Gasteiger partial charge in [-0.25, -0.2) is 4.98 Å². The van der Waals surface area contributed by atoms with E-state index in [1.165, 1.54) is 5.69 Å². The van der Waals surface area contributed by atoms with E-state index in [1.54, 1.807) is 18.3 Å². The maximum atomic E-state index is 12.9. The van der Waals surface area contributed by atoms with Gasteiger partial charge < -0.3 is 9.64 Å². The van der Waals surface area contributed by atoms with E-state index in [4.69, 9.17) is 4.74 Å². The van der Waals surface area contributed by atoms with Gasteiger partial charge in [0.2, 0.25) is 5.88 Å². The highest BCUT2D eigenvalue weighted by Crippen LogP contribution is 2.18. The molecule has 0 spiro atoms. The van der Waals surface area contributed by atoms with Crippen molar-refractivity contribution in [3.8, 4) is 5.88 Å². The highest BCUT2D eigenvalue weighted by molar-refractivity contribution is 5.96. The minimum absolute atomic E-state index is 0.00585. The van der Waals surface area contributed by atoms with E-state index in [0.717, 1.165) is 45.7 Å². The zero-order valence-corrected chi connectivity index (χ0v) is 15.6. The topological polar surface area (TPSA) is 63.5 Å². The molecule has 1 saturated heterocycles. The molecular formula is C19H27N5O2. The number of aryl methyl sites for hydroxylation is 1. The number of aromatic nitrogens is 3. The zero-order valence-electron chi connectivity index (χ0n) is 15.6. The van der Waals surface area contributed by atoms with Crippen LogP contribution in [0, 0.1) is 6.92 Å². The average molecular weight is 357 g/mol. The summed E-state index contributed by atoms with van der Waals surface area (Å²) in [6.45, 7) is 9.64. The second-order valence-electron chi connectivity index (χ2n) is 6.47. The summed E-state index contributed by atoms with van der Waals surface area (Å²) in [4.78, 5) is 21.4. The molecule has 2 aromatic rings. The molecule has 2 aromatic heterocycles. The molecule has 1 fully saturated rings. The predicted molar refractivity (Wildman–Crippen MR) is 99.3 cm³/mol. The molecule has 3 rings (SSSR count). The van der Waals surface area contributed by atoms with Crippen molar-refractivity contribution >= 4 is 5.91 Å². The van der Waals surface area contributed by atoms with E-state index in [-0.39, 0.29) is 5.91 Å². The number of carbonyl (C=O) groups excluding carboxylic acids is 1. The third kappa shape index (κ3) is 4.40. The van der Waals surface area contributed by atoms with Gasteiger partial charge in [-0.2, -0.15) is 5.10 Å². The number of pyridine rings is 1. The first-order chi connectivity index (χ1) is 12.7. The van der Waals surface area contributed by atoms with E-state index < -0.39 is 0 Å². The van der Waals surface area contributed by atoms with Gasteiger partial charge in [-0.1, -0.05) is 0 Å². The van der Waals surface area contributed by atoms with Crippen LogP contribution >= 0.6 is 0 Å². The molecule has 1 amide bonds. The van der Waals surface area contributed by atoms with Crippen LogP contribution in [0.3, 0.4) is 0 Å². The van der Waals surface area contributed by atoms with Crippen LogP contribution in [0.2, 0.25) is 0 Å². The molecule has 26 heavy (non-hydrogen) atoms. The second-order valence-corrected chi connectivity index (χ2v) is 6.47. The molecule has 3 heterocycles. The Hall–Kier alpha value is -2.41. The Balaban J connectivity index is 1.58. The van der Waals surface area contributed by atoms with Gasteiger partial charge >= 0.3 is 0 Å². The average Bonchev–Trinajstić information content (AvgIpc) is 2.92. The molecule has 140 valence electrons. The Labute approximate surface area is 154 Å². The van der Waals surface area contributed by atoms with Gasteiger partial charge in [0, 0.05) is 44.3 Å². The number of carbonyl (C=O) groups is 1. The Kier molecular flexibility index (Phi) is 6.22. The first kappa shape index (κ1) is 18.4. The molecule has 0 N–H and O–H groups in total. The lowest BCUT2D eigenvalue weighted by molar-refractivity contribution is 0.0756. The van der Waals surface area contributed by atoms with Crippen LogP contribution in [0.25, 0.3) is 0 Å². The lowest BCUT2D eigenvalue weighted by Crippen LogP contribution is -2.36. The molecule has 0 radical (unpaired) electrons. The molecule has 7 nitrogen and oxygen atoms in total. The molecule has 1 aliphatic heterocycles. The molecule has 1 aliphatic rings. The van der Waals surface area contributed by atoms with E-state index in [2.05, 4.69) is 21.9 Å². The maximum absolute atomic E-state index is 12.9. The van der Waals surface area contributed by atoms with Gasteiger partial charge in [-0.3, -0.25) is 14.4 Å². The monoisotopic (exact) mass is 357 g/mol. The van der Waals surface area contributed by atoms with E-state index in [9.17, 15) is 4.79 Å². The lowest BCUT2D eigenvalue weighted by Gasteiger charge is -2.22. The fraction of sp³-hybridized carbons (Fsp3) is 0.526. The summed E-state index contributed by atoms with van der Waals surface area (Å²) in [7, 11) is 0. The maximum Gasteiger partial charge on any atom is 0.259 e. The summed E-state index contributed by atoms with van der Waals surface area (Å²) in [5, 5.41) is 4.34. The van der Waals surface area contributed by atoms with E-state index in [0.29, 0.717) is 18.1 Å². The van der Waals surface area contributed by atoms with Crippen LogP contribution < -0.4 is 4.74 Å². The molecule has 0 aromatic carbocycles. The fourth-order valence-electron chi connectivity index (χ4n) is 3.24. The zero-order chi connectivity index (χ0) is 18.4. The van der Waals surface area contributed by atoms with Crippen molar-refractivity contribution < 1.29 is 9.53 Å². The normalized spacial score (nSPS) is 15.7. The van der Waals surface area contributed by atoms with Crippen LogP contribution in [0.15, 0.2) is 30.6 Å². The highest BCUT2D eigenvalue weighted by Gasteiger charge is 2.23. The van der Waals surface area contributed by atoms with Crippen molar-refractivity contribution in [3.63, 3.8) is 0 Å². The van der Waals surface area contributed by atoms with Crippen LogP contribution in [-0.2, 0) is 6.54 Å². The number of rotatable bonds is 6. The minimum atomic E-state index is 0.00585. The third-order valence-corrected chi connectivity index (χ3v) is 4.72. The SMILES string of the molecule is CCOc1ncccc1C(=O)N1CCCN(CCn2nccc2C)CC1. The first-order valence-corrected chi connectivity index (χ1v) is 9.27. The van der Waals surface area contributed by atoms with Crippen LogP contribution in [-0.4, -0.2) is 69.8 Å². The summed E-state index contributed by atoms with van der Waals surface area (Å²) in [5.41, 5.74) is 1.73. The third-order valence-electron chi connectivity index (χ3n) is 4.72. The summed E-state index contributed by atoms with van der Waals surface area (Å²) in [5.74, 6) is 0.432. The summed E-state index contributed by atoms with van der Waals surface area (Å²) in [6.07, 6.45) is 4.46. The molecule has 0 atom stereocenters. The fourth-order valence-corrected chi connectivity index (χ4v) is 3.24. The number of ether oxygens (including phenoxy) is 1. The Morgan fingerprint density at radius 3 is 2.81 bits per heavy atom. The minimum Gasteiger partial charge on any atom is -0.477 e. The van der Waals surface area contributed by atoms with Crippen molar-refractivity contribution in [2.75, 3.05) is 39.3 Å². The largest absolute Gasteiger partial charge is 0.477 e. The number of hydrogen-bond donors (Lipinski definition) is 0. The highest BCUT2D eigenvalue weighted by atomic mass is 16.5. The Morgan fingerprint density at radius 1 is 1.15 bits per heavy atom. The van der Waals surface area contributed by atoms with Gasteiger partial charge in [0.15, 0.2) is 0 Å². The van der Waals surface area contributed by atoms with Gasteiger partial charge in [-0.05, 0) is 45.0 Å². The molecular weight excluding hydrogens is 330 g/mol. The number of hydrogen-bond acceptors (Lipinski definition) is 5. The molecule has 0 aliphatic carbocycles. The molecule has 0 unspecified atom stereocenters. The molecule has 7 heteroatoms. The summed E-state index contributed by atoms with van der Waals surface area (Å²) >= 11 is 0. The van der Waals surface area contributed by atoms with Gasteiger partial charge in [0.25, 0.3) is 5.91 Å². The van der Waals surface area contributed by atoms with Crippen molar-refractivity contribution in [3.05, 3.63) is 41.9 Å². The van der Waals surface area contributed by atoms with Crippen molar-refractivity contribution in [2.24, 2.45) is 0 Å². The van der Waals surface area contributed by atoms with Gasteiger partial charge in [0.05, 0.1) is 13.2 Å². The van der Waals surface area contributed by atoms with Gasteiger partial charge in [-0.15, -0.1) is 0 Å². The van der Waals surface area contributed by atoms with Crippen molar-refractivity contribution in [1.29, 1.82) is 0 Å². The summed E-state index contributed by atoms with van der Waals surface area (Å²) < 4.78 is 7.54. The Bertz CT molecular complexity index is 730. The standard InChI is InChI=1S/C19H27N5O2/c1-3-26-18-17(6-4-8-20-18)19(25)23-11-5-10-22(12-14-23)13-15-24-16(2)7-9-21-24/h4,6-9H,3,5,10-15H2,1-2H3. The van der Waals surface area contributed by atoms with Crippen LogP contribution in [0.1, 0.15) is 29.4 Å². The summed E-state index contributed by atoms with van der Waals surface area (Å²) in [6, 6.07) is 5.60. The Morgan fingerprint density at radius 2 is 2.04 bits per heavy atom. The second kappa shape index (κ2) is 8.80. The number of nitrogens with zero attached hydrogens (tertiary/aromatic N) is 5. The van der Waals surface area contributed by atoms with Gasteiger partial charge in [0.1, 0.15) is 5.56 Å². The number of amides is 1. The van der Waals surface area contributed by atoms with Crippen molar-refractivity contribution in [1.82, 2.24) is 24.6 Å². The quantitative estimate of drug-likeness (QED) is 0.789. The molecule has 0 bridgehead atoms. The first-order valence-electron chi connectivity index (χ1n) is 9.27.